The Labute approximate surface area is 126 Å². The van der Waals surface area contributed by atoms with Gasteiger partial charge >= 0.3 is 0 Å². The molecule has 1 aromatic heterocycles. The van der Waals surface area contributed by atoms with Crippen LogP contribution >= 0.6 is 0 Å². The van der Waals surface area contributed by atoms with E-state index in [1.807, 2.05) is 0 Å². The largest absolute Gasteiger partial charge is 0.320 e. The minimum Gasteiger partial charge on any atom is -0.320 e. The maximum Gasteiger partial charge on any atom is 0.244 e. The van der Waals surface area contributed by atoms with Crippen LogP contribution in [0.25, 0.3) is 0 Å². The predicted molar refractivity (Wildman–Crippen MR) is 81.9 cm³/mol. The van der Waals surface area contributed by atoms with Crippen LogP contribution in [0.4, 0.5) is 0 Å². The number of aromatic nitrogens is 1. The number of nitrogens with two attached hydrogens (primary N) is 1. The molecule has 0 aromatic carbocycles. The van der Waals surface area contributed by atoms with Crippen LogP contribution in [0, 0.1) is 17.8 Å². The van der Waals surface area contributed by atoms with Gasteiger partial charge in [0.15, 0.2) is 0 Å². The zero-order valence-corrected chi connectivity index (χ0v) is 13.1. The molecule has 0 atom stereocenters. The molecule has 0 amide bonds. The highest BCUT2D eigenvalue weighted by Crippen LogP contribution is 2.25. The lowest BCUT2D eigenvalue weighted by molar-refractivity contribution is 0.269. The number of pyridine rings is 1. The van der Waals surface area contributed by atoms with E-state index in [0.29, 0.717) is 24.6 Å². The van der Waals surface area contributed by atoms with Crippen molar-refractivity contribution in [3.8, 4) is 11.8 Å². The van der Waals surface area contributed by atoms with E-state index in [2.05, 4.69) is 23.7 Å². The molecule has 21 heavy (non-hydrogen) atoms. The number of hydrogen-bond acceptors (Lipinski definition) is 4. The second-order valence-corrected chi connectivity index (χ2v) is 7.11. The average Bonchev–Trinajstić information content (AvgIpc) is 2.53. The summed E-state index contributed by atoms with van der Waals surface area (Å²) in [5.74, 6) is 6.16. The van der Waals surface area contributed by atoms with Gasteiger partial charge in [-0.25, -0.2) is 8.42 Å². The Morgan fingerprint density at radius 1 is 1.38 bits per heavy atom. The molecular formula is C15H21N3O2S. The fraction of sp³-hybridized carbons (Fsp3) is 0.533. The summed E-state index contributed by atoms with van der Waals surface area (Å²) in [6.45, 7) is 3.55. The highest BCUT2D eigenvalue weighted by molar-refractivity contribution is 7.89. The summed E-state index contributed by atoms with van der Waals surface area (Å²) in [6, 6.07) is 1.57. The van der Waals surface area contributed by atoms with Crippen molar-refractivity contribution >= 4 is 10.0 Å². The van der Waals surface area contributed by atoms with E-state index in [-0.39, 0.29) is 11.4 Å². The molecule has 0 spiro atoms. The second-order valence-electron chi connectivity index (χ2n) is 5.17. The van der Waals surface area contributed by atoms with Crippen LogP contribution in [0.5, 0.6) is 0 Å². The Kier molecular flexibility index (Phi) is 5.34. The highest BCUT2D eigenvalue weighted by Gasteiger charge is 2.29. The van der Waals surface area contributed by atoms with Crippen LogP contribution in [0.15, 0.2) is 23.4 Å². The topological polar surface area (TPSA) is 76.3 Å². The van der Waals surface area contributed by atoms with E-state index in [1.54, 1.807) is 16.6 Å². The van der Waals surface area contributed by atoms with Crippen molar-refractivity contribution in [2.45, 2.75) is 31.1 Å². The quantitative estimate of drug-likeness (QED) is 0.851. The van der Waals surface area contributed by atoms with Crippen molar-refractivity contribution in [3.05, 3.63) is 24.0 Å². The lowest BCUT2D eigenvalue weighted by Gasteiger charge is -2.30. The third-order valence-electron chi connectivity index (χ3n) is 3.84. The Morgan fingerprint density at radius 2 is 2.10 bits per heavy atom. The van der Waals surface area contributed by atoms with Crippen LogP contribution in [0.3, 0.4) is 0 Å². The molecule has 1 aromatic rings. The lowest BCUT2D eigenvalue weighted by Crippen LogP contribution is -2.38. The first kappa shape index (κ1) is 16.0. The summed E-state index contributed by atoms with van der Waals surface area (Å²) in [7, 11) is -3.47. The predicted octanol–water partition coefficient (Wildman–Crippen LogP) is 1.20. The molecule has 6 heteroatoms. The molecule has 5 nitrogen and oxygen atoms in total. The smallest absolute Gasteiger partial charge is 0.244 e. The molecule has 2 N–H and O–H groups in total. The molecule has 1 aliphatic rings. The molecule has 0 saturated carbocycles. The van der Waals surface area contributed by atoms with Gasteiger partial charge in [0, 0.05) is 31.0 Å². The van der Waals surface area contributed by atoms with Gasteiger partial charge in [-0.2, -0.15) is 4.31 Å². The first-order valence-electron chi connectivity index (χ1n) is 7.22. The Balaban J connectivity index is 2.20. The summed E-state index contributed by atoms with van der Waals surface area (Å²) in [5, 5.41) is 0. The van der Waals surface area contributed by atoms with Gasteiger partial charge in [0.25, 0.3) is 0 Å². The van der Waals surface area contributed by atoms with E-state index >= 15 is 0 Å². The molecule has 1 fully saturated rings. The summed E-state index contributed by atoms with van der Waals surface area (Å²) >= 11 is 0. The summed E-state index contributed by atoms with van der Waals surface area (Å²) < 4.78 is 26.8. The minimum atomic E-state index is -3.47. The number of sulfonamides is 1. The summed E-state index contributed by atoms with van der Waals surface area (Å²) in [4.78, 5) is 4.19. The van der Waals surface area contributed by atoms with Crippen molar-refractivity contribution in [2.75, 3.05) is 19.6 Å². The monoisotopic (exact) mass is 307 g/mol. The molecule has 0 aliphatic carbocycles. The second kappa shape index (κ2) is 7.03. The fourth-order valence-corrected chi connectivity index (χ4v) is 3.95. The van der Waals surface area contributed by atoms with Gasteiger partial charge in [0.1, 0.15) is 4.90 Å². The third kappa shape index (κ3) is 3.82. The fourth-order valence-electron chi connectivity index (χ4n) is 2.49. The first-order valence-corrected chi connectivity index (χ1v) is 8.66. The van der Waals surface area contributed by atoms with Gasteiger partial charge in [-0.3, -0.25) is 4.98 Å². The van der Waals surface area contributed by atoms with Crippen LogP contribution < -0.4 is 5.73 Å². The Bertz CT molecular complexity index is 638. The highest BCUT2D eigenvalue weighted by atomic mass is 32.2. The van der Waals surface area contributed by atoms with Gasteiger partial charge in [-0.1, -0.05) is 25.2 Å². The molecule has 114 valence electrons. The average molecular weight is 307 g/mol. The molecule has 0 unspecified atom stereocenters. The first-order chi connectivity index (χ1) is 10.1. The number of hydrogen-bond donors (Lipinski definition) is 1. The minimum absolute atomic E-state index is 0.210. The number of nitrogens with zero attached hydrogens (tertiary/aromatic N) is 2. The third-order valence-corrected chi connectivity index (χ3v) is 5.70. The van der Waals surface area contributed by atoms with Gasteiger partial charge < -0.3 is 5.73 Å². The van der Waals surface area contributed by atoms with Crippen molar-refractivity contribution in [3.63, 3.8) is 0 Å². The molecule has 0 radical (unpaired) electrons. The van der Waals surface area contributed by atoms with Crippen molar-refractivity contribution < 1.29 is 8.42 Å². The molecule has 2 heterocycles. The summed E-state index contributed by atoms with van der Waals surface area (Å²) in [6.07, 6.45) is 5.89. The maximum absolute atomic E-state index is 12.6. The normalized spacial score (nSPS) is 17.2. The lowest BCUT2D eigenvalue weighted by atomic mass is 9.96. The number of piperidine rings is 1. The Morgan fingerprint density at radius 3 is 2.71 bits per heavy atom. The standard InChI is InChI=1S/C15H21N3O2S/c1-2-13-5-8-18(9-6-13)21(19,20)15-10-14(4-3-7-16)11-17-12-15/h10-13H,2,5-9,16H2,1H3. The van der Waals surface area contributed by atoms with Crippen LogP contribution in [0.1, 0.15) is 31.7 Å². The van der Waals surface area contributed by atoms with E-state index in [9.17, 15) is 8.42 Å². The zero-order chi connectivity index (χ0) is 15.3. The molecular weight excluding hydrogens is 286 g/mol. The Hall–Kier alpha value is -1.42. The van der Waals surface area contributed by atoms with E-state index in [1.165, 1.54) is 6.20 Å². The molecule has 1 saturated heterocycles. The van der Waals surface area contributed by atoms with E-state index in [0.717, 1.165) is 19.3 Å². The van der Waals surface area contributed by atoms with E-state index < -0.39 is 10.0 Å². The number of rotatable bonds is 3. The van der Waals surface area contributed by atoms with Crippen molar-refractivity contribution in [1.82, 2.24) is 9.29 Å². The van der Waals surface area contributed by atoms with Crippen molar-refractivity contribution in [2.24, 2.45) is 11.7 Å². The molecule has 2 rings (SSSR count). The SMILES string of the molecule is CCC1CCN(S(=O)(=O)c2cncc(C#CCN)c2)CC1. The molecule has 0 bridgehead atoms. The van der Waals surface area contributed by atoms with Gasteiger partial charge in [0.2, 0.25) is 10.0 Å². The van der Waals surface area contributed by atoms with Gasteiger partial charge in [-0.15, -0.1) is 0 Å². The molecule has 1 aliphatic heterocycles. The summed E-state index contributed by atoms with van der Waals surface area (Å²) in [5.41, 5.74) is 5.90. The van der Waals surface area contributed by atoms with E-state index in [4.69, 9.17) is 5.73 Å². The van der Waals surface area contributed by atoms with Crippen LogP contribution in [-0.2, 0) is 10.0 Å². The van der Waals surface area contributed by atoms with Gasteiger partial charge in [0.05, 0.1) is 6.54 Å². The maximum atomic E-state index is 12.6. The zero-order valence-electron chi connectivity index (χ0n) is 12.2. The van der Waals surface area contributed by atoms with Crippen LogP contribution in [-0.4, -0.2) is 37.3 Å². The van der Waals surface area contributed by atoms with Gasteiger partial charge in [-0.05, 0) is 24.8 Å². The van der Waals surface area contributed by atoms with Crippen molar-refractivity contribution in [1.29, 1.82) is 0 Å². The van der Waals surface area contributed by atoms with Crippen LogP contribution in [0.2, 0.25) is 0 Å².